The second-order valence-corrected chi connectivity index (χ2v) is 7.22. The van der Waals surface area contributed by atoms with E-state index in [1.54, 1.807) is 6.92 Å². The zero-order valence-corrected chi connectivity index (χ0v) is 16.0. The van der Waals surface area contributed by atoms with Crippen LogP contribution in [0.2, 0.25) is 0 Å². The van der Waals surface area contributed by atoms with Crippen LogP contribution in [-0.4, -0.2) is 38.0 Å². The predicted molar refractivity (Wildman–Crippen MR) is 93.0 cm³/mol. The maximum atomic E-state index is 14.8. The van der Waals surface area contributed by atoms with E-state index in [1.807, 2.05) is 27.7 Å². The van der Waals surface area contributed by atoms with Crippen molar-refractivity contribution in [2.24, 2.45) is 0 Å². The van der Waals surface area contributed by atoms with Crippen molar-refractivity contribution >= 4 is 13.1 Å². The van der Waals surface area contributed by atoms with Gasteiger partial charge in [0, 0.05) is 11.4 Å². The van der Waals surface area contributed by atoms with Gasteiger partial charge in [0.25, 0.3) is 0 Å². The number of esters is 1. The first-order valence-electron chi connectivity index (χ1n) is 8.57. The normalized spacial score (nSPS) is 19.3. The van der Waals surface area contributed by atoms with Crippen molar-refractivity contribution in [2.75, 3.05) is 13.7 Å². The Hall–Kier alpha value is -1.67. The maximum absolute atomic E-state index is 14.8. The van der Waals surface area contributed by atoms with Crippen LogP contribution in [0.5, 0.6) is 5.75 Å². The van der Waals surface area contributed by atoms with Gasteiger partial charge in [-0.1, -0.05) is 0 Å². The Morgan fingerprint density at radius 1 is 1.19 bits per heavy atom. The summed E-state index contributed by atoms with van der Waals surface area (Å²) in [6, 6.07) is 2.29. The van der Waals surface area contributed by atoms with E-state index in [2.05, 4.69) is 0 Å². The topological polar surface area (TPSA) is 54.0 Å². The molecule has 144 valence electrons. The zero-order chi connectivity index (χ0) is 19.7. The van der Waals surface area contributed by atoms with Crippen LogP contribution < -0.4 is 4.74 Å². The first kappa shape index (κ1) is 20.6. The molecule has 8 heteroatoms. The third kappa shape index (κ3) is 3.86. The molecule has 0 spiro atoms. The SMILES string of the molecule is CCOC(=O)CC(B1OC(C)(C)C(C)(C)O1)c1c(F)ccc(OC)c1F. The lowest BCUT2D eigenvalue weighted by Gasteiger charge is -2.32. The number of benzene rings is 1. The average molecular weight is 370 g/mol. The van der Waals surface area contributed by atoms with E-state index < -0.39 is 41.7 Å². The molecule has 5 nitrogen and oxygen atoms in total. The Kier molecular flexibility index (Phi) is 5.97. The summed E-state index contributed by atoms with van der Waals surface area (Å²) in [6.07, 6.45) is -0.286. The molecule has 0 aliphatic carbocycles. The van der Waals surface area contributed by atoms with Gasteiger partial charge in [0.2, 0.25) is 0 Å². The van der Waals surface area contributed by atoms with Crippen LogP contribution in [0, 0.1) is 11.6 Å². The Balaban J connectivity index is 2.48. The number of halogens is 2. The summed E-state index contributed by atoms with van der Waals surface area (Å²) in [4.78, 5) is 12.1. The third-order valence-electron chi connectivity index (χ3n) is 4.97. The molecule has 0 aromatic heterocycles. The molecule has 1 unspecified atom stereocenters. The molecule has 0 N–H and O–H groups in total. The Morgan fingerprint density at radius 3 is 2.27 bits per heavy atom. The summed E-state index contributed by atoms with van der Waals surface area (Å²) < 4.78 is 51.2. The lowest BCUT2D eigenvalue weighted by Crippen LogP contribution is -2.41. The van der Waals surface area contributed by atoms with Crippen LogP contribution in [0.3, 0.4) is 0 Å². The molecule has 1 aromatic rings. The number of hydrogen-bond donors (Lipinski definition) is 0. The molecule has 2 rings (SSSR count). The minimum Gasteiger partial charge on any atom is -0.494 e. The molecular weight excluding hydrogens is 345 g/mol. The summed E-state index contributed by atoms with van der Waals surface area (Å²) in [5.74, 6) is -3.41. The molecule has 1 fully saturated rings. The maximum Gasteiger partial charge on any atom is 0.466 e. The fourth-order valence-electron chi connectivity index (χ4n) is 2.83. The smallest absolute Gasteiger partial charge is 0.466 e. The fourth-order valence-corrected chi connectivity index (χ4v) is 2.83. The van der Waals surface area contributed by atoms with E-state index >= 15 is 0 Å². The molecule has 1 aliphatic rings. The Labute approximate surface area is 153 Å². The quantitative estimate of drug-likeness (QED) is 0.565. The number of hydrogen-bond acceptors (Lipinski definition) is 5. The van der Waals surface area contributed by atoms with Crippen molar-refractivity contribution < 1.29 is 32.4 Å². The highest BCUT2D eigenvalue weighted by Crippen LogP contribution is 2.43. The van der Waals surface area contributed by atoms with Crippen LogP contribution in [0.1, 0.15) is 52.4 Å². The van der Waals surface area contributed by atoms with Gasteiger partial charge >= 0.3 is 13.1 Å². The summed E-state index contributed by atoms with van der Waals surface area (Å²) in [5, 5.41) is 0. The van der Waals surface area contributed by atoms with E-state index in [0.717, 1.165) is 6.07 Å². The standard InChI is InChI=1S/C18H25BF2O5/c1-7-24-14(22)10-11(19-25-17(2,3)18(4,5)26-19)15-12(20)8-9-13(23-6)16(15)21/h8-9,11H,7,10H2,1-6H3. The molecule has 26 heavy (non-hydrogen) atoms. The van der Waals surface area contributed by atoms with Gasteiger partial charge in [-0.2, -0.15) is 0 Å². The molecule has 1 aliphatic heterocycles. The van der Waals surface area contributed by atoms with Crippen LogP contribution in [0.25, 0.3) is 0 Å². The van der Waals surface area contributed by atoms with E-state index in [0.29, 0.717) is 0 Å². The summed E-state index contributed by atoms with van der Waals surface area (Å²) in [6.45, 7) is 9.13. The van der Waals surface area contributed by atoms with Gasteiger partial charge < -0.3 is 18.8 Å². The minimum absolute atomic E-state index is 0.119. The first-order valence-corrected chi connectivity index (χ1v) is 8.57. The van der Waals surface area contributed by atoms with E-state index in [4.69, 9.17) is 18.8 Å². The molecule has 1 heterocycles. The summed E-state index contributed by atoms with van der Waals surface area (Å²) in [5.41, 5.74) is -1.73. The van der Waals surface area contributed by atoms with Gasteiger partial charge in [0.1, 0.15) is 5.82 Å². The number of ether oxygens (including phenoxy) is 2. The highest BCUT2D eigenvalue weighted by atomic mass is 19.1. The highest BCUT2D eigenvalue weighted by molar-refractivity contribution is 6.48. The molecule has 0 amide bonds. The van der Waals surface area contributed by atoms with Crippen molar-refractivity contribution in [3.8, 4) is 5.75 Å². The van der Waals surface area contributed by atoms with Gasteiger partial charge in [-0.25, -0.2) is 8.78 Å². The van der Waals surface area contributed by atoms with Gasteiger partial charge in [0.05, 0.1) is 31.3 Å². The summed E-state index contributed by atoms with van der Waals surface area (Å²) in [7, 11) is 0.274. The number of carbonyl (C=O) groups is 1. The minimum atomic E-state index is -1.02. The predicted octanol–water partition coefficient (Wildman–Crippen LogP) is 3.64. The average Bonchev–Trinajstić information content (AvgIpc) is 2.74. The zero-order valence-electron chi connectivity index (χ0n) is 16.0. The molecule has 0 bridgehead atoms. The van der Waals surface area contributed by atoms with Crippen molar-refractivity contribution in [1.82, 2.24) is 0 Å². The van der Waals surface area contributed by atoms with Crippen LogP contribution in [0.15, 0.2) is 12.1 Å². The van der Waals surface area contributed by atoms with Crippen LogP contribution in [-0.2, 0) is 18.8 Å². The monoisotopic (exact) mass is 370 g/mol. The number of rotatable bonds is 6. The Morgan fingerprint density at radius 2 is 1.77 bits per heavy atom. The molecule has 1 atom stereocenters. The highest BCUT2D eigenvalue weighted by Gasteiger charge is 2.55. The second-order valence-electron chi connectivity index (χ2n) is 7.22. The summed E-state index contributed by atoms with van der Waals surface area (Å²) >= 11 is 0. The Bertz CT molecular complexity index is 662. The van der Waals surface area contributed by atoms with Gasteiger partial charge in [-0.3, -0.25) is 4.79 Å². The van der Waals surface area contributed by atoms with E-state index in [9.17, 15) is 13.6 Å². The van der Waals surface area contributed by atoms with Crippen LogP contribution >= 0.6 is 0 Å². The van der Waals surface area contributed by atoms with Gasteiger partial charge in [0.15, 0.2) is 11.6 Å². The molecule has 0 radical (unpaired) electrons. The lowest BCUT2D eigenvalue weighted by molar-refractivity contribution is -0.143. The van der Waals surface area contributed by atoms with Crippen molar-refractivity contribution in [1.29, 1.82) is 0 Å². The molecule has 0 saturated carbocycles. The largest absolute Gasteiger partial charge is 0.494 e. The van der Waals surface area contributed by atoms with E-state index in [1.165, 1.54) is 13.2 Å². The van der Waals surface area contributed by atoms with Gasteiger partial charge in [-0.05, 0) is 46.8 Å². The molecular formula is C18H25BF2O5. The van der Waals surface area contributed by atoms with Gasteiger partial charge in [-0.15, -0.1) is 0 Å². The van der Waals surface area contributed by atoms with Crippen molar-refractivity contribution in [2.45, 2.75) is 58.1 Å². The van der Waals surface area contributed by atoms with Crippen LogP contribution in [0.4, 0.5) is 8.78 Å². The van der Waals surface area contributed by atoms with Crippen molar-refractivity contribution in [3.05, 3.63) is 29.3 Å². The molecule has 1 saturated heterocycles. The number of methoxy groups -OCH3 is 1. The van der Waals surface area contributed by atoms with E-state index in [-0.39, 0.29) is 24.3 Å². The second kappa shape index (κ2) is 7.52. The molecule has 1 aromatic carbocycles. The lowest BCUT2D eigenvalue weighted by atomic mass is 9.65. The number of carbonyl (C=O) groups excluding carboxylic acids is 1. The first-order chi connectivity index (χ1) is 12.0. The fraction of sp³-hybridized carbons (Fsp3) is 0.611. The third-order valence-corrected chi connectivity index (χ3v) is 4.97. The van der Waals surface area contributed by atoms with Crippen molar-refractivity contribution in [3.63, 3.8) is 0 Å².